The molecule has 0 unspecified atom stereocenters. The molecule has 1 N–H and O–H groups in total. The van der Waals surface area contributed by atoms with Gasteiger partial charge in [-0.25, -0.2) is 0 Å². The van der Waals surface area contributed by atoms with Crippen LogP contribution in [0.15, 0.2) is 12.1 Å². The third kappa shape index (κ3) is 4.58. The maximum Gasteiger partial charge on any atom is 0.238 e. The molecule has 0 aliphatic carbocycles. The molecule has 2 rings (SSSR count). The summed E-state index contributed by atoms with van der Waals surface area (Å²) in [6.07, 6.45) is 2.57. The van der Waals surface area contributed by atoms with E-state index in [9.17, 15) is 9.59 Å². The van der Waals surface area contributed by atoms with Crippen LogP contribution in [0.4, 0.5) is 5.69 Å². The Bertz CT molecular complexity index is 520. The molecule has 1 heterocycles. The molecule has 1 aliphatic rings. The van der Waals surface area contributed by atoms with Crippen molar-refractivity contribution in [3.63, 3.8) is 0 Å². The van der Waals surface area contributed by atoms with Gasteiger partial charge in [-0.3, -0.25) is 9.69 Å². The quantitative estimate of drug-likeness (QED) is 0.846. The Morgan fingerprint density at radius 2 is 1.81 bits per heavy atom. The van der Waals surface area contributed by atoms with Gasteiger partial charge in [0, 0.05) is 10.9 Å². The summed E-state index contributed by atoms with van der Waals surface area (Å²) in [7, 11) is 0. The van der Waals surface area contributed by atoms with Crippen molar-refractivity contribution in [3.05, 3.63) is 27.2 Å². The van der Waals surface area contributed by atoms with Crippen LogP contribution in [0.5, 0.6) is 0 Å². The van der Waals surface area contributed by atoms with Gasteiger partial charge in [-0.2, -0.15) is 0 Å². The zero-order chi connectivity index (χ0) is 15.4. The molecule has 1 fully saturated rings. The van der Waals surface area contributed by atoms with Crippen LogP contribution in [0, 0.1) is 5.92 Å². The van der Waals surface area contributed by atoms with E-state index in [1.807, 2.05) is 4.90 Å². The second-order valence-corrected chi connectivity index (χ2v) is 6.29. The molecule has 1 amide bonds. The van der Waals surface area contributed by atoms with E-state index in [0.29, 0.717) is 20.8 Å². The van der Waals surface area contributed by atoms with Crippen molar-refractivity contribution < 1.29 is 9.59 Å². The first kappa shape index (κ1) is 16.6. The lowest BCUT2D eigenvalue weighted by Crippen LogP contribution is -2.39. The summed E-state index contributed by atoms with van der Waals surface area (Å²) in [6, 6.07) is 3.06. The number of nitrogens with one attached hydrogen (secondary N) is 1. The molecule has 0 spiro atoms. The minimum atomic E-state index is -0.189. The number of piperidine rings is 1. The Morgan fingerprint density at radius 3 is 2.33 bits per heavy atom. The lowest BCUT2D eigenvalue weighted by Gasteiger charge is -2.28. The van der Waals surface area contributed by atoms with E-state index in [0.717, 1.165) is 32.2 Å². The molecule has 0 radical (unpaired) electrons. The average molecular weight is 350 g/mol. The molecule has 1 saturated heterocycles. The molecule has 1 aliphatic heterocycles. The third-order valence-corrected chi connectivity index (χ3v) is 4.28. The number of nitrogens with zero attached hydrogens (tertiary/aromatic N) is 1. The van der Waals surface area contributed by atoms with E-state index in [2.05, 4.69) is 5.32 Å². The summed E-state index contributed by atoms with van der Waals surface area (Å²) in [5.41, 5.74) is 0.371. The van der Waals surface area contributed by atoms with Crippen LogP contribution in [-0.4, -0.2) is 36.7 Å². The molecular weight excluding hydrogens is 335 g/mol. The molecule has 21 heavy (non-hydrogen) atoms. The first-order valence-electron chi connectivity index (χ1n) is 6.61. The van der Waals surface area contributed by atoms with Gasteiger partial charge in [-0.05, 0) is 38.1 Å². The monoisotopic (exact) mass is 348 g/mol. The van der Waals surface area contributed by atoms with E-state index in [-0.39, 0.29) is 18.4 Å². The highest BCUT2D eigenvalue weighted by Crippen LogP contribution is 2.33. The lowest BCUT2D eigenvalue weighted by atomic mass is 9.99. The number of halogens is 3. The third-order valence-electron chi connectivity index (χ3n) is 3.46. The number of anilines is 1. The number of hydrogen-bond acceptors (Lipinski definition) is 3. The van der Waals surface area contributed by atoms with Crippen molar-refractivity contribution >= 4 is 52.7 Å². The summed E-state index contributed by atoms with van der Waals surface area (Å²) in [5, 5.41) is 3.73. The van der Waals surface area contributed by atoms with E-state index in [4.69, 9.17) is 34.8 Å². The van der Waals surface area contributed by atoms with Crippen molar-refractivity contribution in [2.24, 2.45) is 5.92 Å². The highest BCUT2D eigenvalue weighted by Gasteiger charge is 2.21. The summed E-state index contributed by atoms with van der Waals surface area (Å²) in [5.74, 6) is -0.0739. The maximum absolute atomic E-state index is 12.0. The number of carbonyl (C=O) groups is 2. The van der Waals surface area contributed by atoms with Gasteiger partial charge >= 0.3 is 0 Å². The van der Waals surface area contributed by atoms with Gasteiger partial charge in [-0.1, -0.05) is 34.8 Å². The standard InChI is InChI=1S/C14H15Cl3N2O2/c15-10-5-11(16)14(12(17)6-10)18-13(21)7-19-3-1-9(8-20)2-4-19/h5-6,8-9H,1-4,7H2,(H,18,21). The molecule has 114 valence electrons. The van der Waals surface area contributed by atoms with Crippen LogP contribution in [0.1, 0.15) is 12.8 Å². The minimum Gasteiger partial charge on any atom is -0.322 e. The molecule has 0 saturated carbocycles. The van der Waals surface area contributed by atoms with Crippen molar-refractivity contribution in [1.29, 1.82) is 0 Å². The van der Waals surface area contributed by atoms with Crippen LogP contribution in [0.3, 0.4) is 0 Å². The fourth-order valence-corrected chi connectivity index (χ4v) is 3.20. The summed E-state index contributed by atoms with van der Waals surface area (Å²) < 4.78 is 0. The molecule has 4 nitrogen and oxygen atoms in total. The van der Waals surface area contributed by atoms with Crippen LogP contribution >= 0.6 is 34.8 Å². The fourth-order valence-electron chi connectivity index (χ4n) is 2.29. The van der Waals surface area contributed by atoms with E-state index in [1.54, 1.807) is 0 Å². The molecular formula is C14H15Cl3N2O2. The predicted octanol–water partition coefficient (Wildman–Crippen LogP) is 3.50. The van der Waals surface area contributed by atoms with Gasteiger partial charge in [0.15, 0.2) is 0 Å². The minimum absolute atomic E-state index is 0.115. The Hall–Kier alpha value is -0.810. The highest BCUT2D eigenvalue weighted by molar-refractivity contribution is 6.42. The highest BCUT2D eigenvalue weighted by atomic mass is 35.5. The number of likely N-dealkylation sites (tertiary alicyclic amines) is 1. The van der Waals surface area contributed by atoms with E-state index >= 15 is 0 Å². The van der Waals surface area contributed by atoms with Crippen LogP contribution in [0.2, 0.25) is 15.1 Å². The van der Waals surface area contributed by atoms with Gasteiger partial charge in [-0.15, -0.1) is 0 Å². The zero-order valence-electron chi connectivity index (χ0n) is 11.2. The molecule has 7 heteroatoms. The molecule has 0 aromatic heterocycles. The second-order valence-electron chi connectivity index (χ2n) is 5.04. The molecule has 0 bridgehead atoms. The fraction of sp³-hybridized carbons (Fsp3) is 0.429. The smallest absolute Gasteiger partial charge is 0.238 e. The van der Waals surface area contributed by atoms with Crippen molar-refractivity contribution in [2.75, 3.05) is 25.0 Å². The number of hydrogen-bond donors (Lipinski definition) is 1. The second kappa shape index (κ2) is 7.45. The average Bonchev–Trinajstić information content (AvgIpc) is 2.43. The van der Waals surface area contributed by atoms with E-state index in [1.165, 1.54) is 12.1 Å². The number of amides is 1. The zero-order valence-corrected chi connectivity index (χ0v) is 13.5. The Morgan fingerprint density at radius 1 is 1.24 bits per heavy atom. The number of rotatable bonds is 4. The lowest BCUT2D eigenvalue weighted by molar-refractivity contribution is -0.117. The first-order valence-corrected chi connectivity index (χ1v) is 7.75. The van der Waals surface area contributed by atoms with Crippen LogP contribution < -0.4 is 5.32 Å². The van der Waals surface area contributed by atoms with Crippen LogP contribution in [0.25, 0.3) is 0 Å². The first-order chi connectivity index (χ1) is 9.99. The Labute approximate surface area is 138 Å². The predicted molar refractivity (Wildman–Crippen MR) is 85.3 cm³/mol. The number of benzene rings is 1. The number of carbonyl (C=O) groups excluding carboxylic acids is 2. The summed E-state index contributed by atoms with van der Waals surface area (Å²) >= 11 is 17.9. The van der Waals surface area contributed by atoms with Gasteiger partial charge in [0.25, 0.3) is 0 Å². The van der Waals surface area contributed by atoms with Gasteiger partial charge in [0.05, 0.1) is 22.3 Å². The van der Waals surface area contributed by atoms with Crippen molar-refractivity contribution in [3.8, 4) is 0 Å². The maximum atomic E-state index is 12.0. The van der Waals surface area contributed by atoms with Gasteiger partial charge in [0.1, 0.15) is 6.29 Å². The van der Waals surface area contributed by atoms with Crippen molar-refractivity contribution in [2.45, 2.75) is 12.8 Å². The summed E-state index contributed by atoms with van der Waals surface area (Å²) in [6.45, 7) is 1.72. The number of aldehydes is 1. The molecule has 0 atom stereocenters. The van der Waals surface area contributed by atoms with E-state index < -0.39 is 0 Å². The Balaban J connectivity index is 1.92. The van der Waals surface area contributed by atoms with Crippen LogP contribution in [-0.2, 0) is 9.59 Å². The topological polar surface area (TPSA) is 49.4 Å². The van der Waals surface area contributed by atoms with Gasteiger partial charge < -0.3 is 10.1 Å². The van der Waals surface area contributed by atoms with Crippen molar-refractivity contribution in [1.82, 2.24) is 4.90 Å². The molecule has 1 aromatic carbocycles. The normalized spacial score (nSPS) is 16.7. The molecule has 1 aromatic rings. The summed E-state index contributed by atoms with van der Waals surface area (Å²) in [4.78, 5) is 24.8. The Kier molecular flexibility index (Phi) is 5.88. The largest absolute Gasteiger partial charge is 0.322 e. The van der Waals surface area contributed by atoms with Gasteiger partial charge in [0.2, 0.25) is 5.91 Å². The SMILES string of the molecule is O=CC1CCN(CC(=O)Nc2c(Cl)cc(Cl)cc2Cl)CC1.